The zero-order valence-electron chi connectivity index (χ0n) is 34.7. The van der Waals surface area contributed by atoms with Crippen LogP contribution in [0.1, 0.15) is 0 Å². The summed E-state index contributed by atoms with van der Waals surface area (Å²) in [6.45, 7) is 0. The van der Waals surface area contributed by atoms with E-state index in [-0.39, 0.29) is 0 Å². The Morgan fingerprint density at radius 1 is 0.297 bits per heavy atom. The van der Waals surface area contributed by atoms with E-state index in [0.717, 1.165) is 89.5 Å². The SMILES string of the molecule is c1ccc(-c2ccc(N(c3ccccc3)c3cc4c5cccc6c5c(cc4c4ccccc34)-c3ccc(N(c4ccccc4)c4cccc5c4oc4ccccc45)cc3O6)cc2)cc1. The zero-order valence-corrected chi connectivity index (χ0v) is 34.7. The van der Waals surface area contributed by atoms with Crippen molar-refractivity contribution >= 4 is 88.4 Å². The third-order valence-electron chi connectivity index (χ3n) is 12.8. The van der Waals surface area contributed by atoms with Gasteiger partial charge in [-0.3, -0.25) is 0 Å². The molecule has 2 heterocycles. The summed E-state index contributed by atoms with van der Waals surface area (Å²) in [5, 5.41) is 9.19. The van der Waals surface area contributed by atoms with E-state index < -0.39 is 0 Å². The number of furan rings is 1. The Morgan fingerprint density at radius 3 is 1.62 bits per heavy atom. The molecule has 12 aromatic rings. The van der Waals surface area contributed by atoms with Crippen molar-refractivity contribution in [3.05, 3.63) is 231 Å². The summed E-state index contributed by atoms with van der Waals surface area (Å²) < 4.78 is 13.6. The molecular weight excluding hydrogens is 781 g/mol. The molecule has 0 aliphatic carbocycles. The predicted octanol–water partition coefficient (Wildman–Crippen LogP) is 17.4. The minimum atomic E-state index is 0.810. The summed E-state index contributed by atoms with van der Waals surface area (Å²) in [4.78, 5) is 4.66. The molecule has 64 heavy (non-hydrogen) atoms. The van der Waals surface area contributed by atoms with Crippen molar-refractivity contribution in [2.45, 2.75) is 0 Å². The zero-order chi connectivity index (χ0) is 42.1. The van der Waals surface area contributed by atoms with Gasteiger partial charge in [0.25, 0.3) is 0 Å². The maximum absolute atomic E-state index is 6.99. The molecule has 0 amide bonds. The highest BCUT2D eigenvalue weighted by Gasteiger charge is 2.27. The molecule has 1 aromatic heterocycles. The minimum Gasteiger partial charge on any atom is -0.456 e. The van der Waals surface area contributed by atoms with Gasteiger partial charge in [0.1, 0.15) is 17.1 Å². The smallest absolute Gasteiger partial charge is 0.159 e. The number of para-hydroxylation sites is 4. The van der Waals surface area contributed by atoms with E-state index in [1.54, 1.807) is 0 Å². The van der Waals surface area contributed by atoms with E-state index in [4.69, 9.17) is 9.15 Å². The Kier molecular flexibility index (Phi) is 8.18. The van der Waals surface area contributed by atoms with Gasteiger partial charge in [-0.2, -0.15) is 0 Å². The highest BCUT2D eigenvalue weighted by molar-refractivity contribution is 6.26. The lowest BCUT2D eigenvalue weighted by Crippen LogP contribution is -2.11. The third kappa shape index (κ3) is 5.70. The first-order valence-corrected chi connectivity index (χ1v) is 21.7. The lowest BCUT2D eigenvalue weighted by atomic mass is 9.88. The van der Waals surface area contributed by atoms with Crippen molar-refractivity contribution in [1.29, 1.82) is 0 Å². The first-order chi connectivity index (χ1) is 31.7. The van der Waals surface area contributed by atoms with Crippen LogP contribution in [0.3, 0.4) is 0 Å². The van der Waals surface area contributed by atoms with Crippen molar-refractivity contribution in [1.82, 2.24) is 0 Å². The van der Waals surface area contributed by atoms with E-state index in [1.165, 1.54) is 32.7 Å². The molecule has 13 rings (SSSR count). The Hall–Kier alpha value is -8.60. The molecule has 4 heteroatoms. The predicted molar refractivity (Wildman–Crippen MR) is 267 cm³/mol. The summed E-state index contributed by atoms with van der Waals surface area (Å²) in [6.07, 6.45) is 0. The molecule has 0 fully saturated rings. The van der Waals surface area contributed by atoms with Crippen LogP contribution in [0, 0.1) is 0 Å². The molecule has 0 saturated carbocycles. The fraction of sp³-hybridized carbons (Fsp3) is 0. The lowest BCUT2D eigenvalue weighted by Gasteiger charge is -2.29. The van der Waals surface area contributed by atoms with Gasteiger partial charge in [0.15, 0.2) is 5.58 Å². The van der Waals surface area contributed by atoms with E-state index in [2.05, 4.69) is 228 Å². The van der Waals surface area contributed by atoms with Crippen LogP contribution < -0.4 is 14.5 Å². The number of hydrogen-bond acceptors (Lipinski definition) is 4. The number of ether oxygens (including phenoxy) is 1. The fourth-order valence-electron chi connectivity index (χ4n) is 9.92. The highest BCUT2D eigenvalue weighted by Crippen LogP contribution is 2.53. The fourth-order valence-corrected chi connectivity index (χ4v) is 9.92. The molecule has 0 spiro atoms. The molecule has 1 aliphatic heterocycles. The van der Waals surface area contributed by atoms with Gasteiger partial charge in [0.05, 0.1) is 17.1 Å². The first-order valence-electron chi connectivity index (χ1n) is 21.7. The van der Waals surface area contributed by atoms with Crippen LogP contribution in [0.25, 0.3) is 76.5 Å². The van der Waals surface area contributed by atoms with Crippen molar-refractivity contribution in [3.8, 4) is 33.8 Å². The summed E-state index contributed by atoms with van der Waals surface area (Å²) in [5.74, 6) is 1.65. The molecule has 300 valence electrons. The minimum absolute atomic E-state index is 0.810. The van der Waals surface area contributed by atoms with Gasteiger partial charge in [-0.15, -0.1) is 0 Å². The molecule has 0 radical (unpaired) electrons. The van der Waals surface area contributed by atoms with Crippen molar-refractivity contribution in [3.63, 3.8) is 0 Å². The number of anilines is 6. The van der Waals surface area contributed by atoms with Gasteiger partial charge in [-0.05, 0) is 117 Å². The maximum Gasteiger partial charge on any atom is 0.159 e. The monoisotopic (exact) mass is 818 g/mol. The molecule has 11 aromatic carbocycles. The molecular formula is C60H38N2O2. The number of hydrogen-bond donors (Lipinski definition) is 0. The second-order valence-electron chi connectivity index (χ2n) is 16.4. The van der Waals surface area contributed by atoms with Crippen LogP contribution in [0.4, 0.5) is 34.1 Å². The van der Waals surface area contributed by atoms with Gasteiger partial charge in [0, 0.05) is 50.2 Å². The molecule has 0 atom stereocenters. The third-order valence-corrected chi connectivity index (χ3v) is 12.8. The van der Waals surface area contributed by atoms with Crippen molar-refractivity contribution in [2.24, 2.45) is 0 Å². The highest BCUT2D eigenvalue weighted by atomic mass is 16.5. The summed E-state index contributed by atoms with van der Waals surface area (Å²) in [7, 11) is 0. The quantitative estimate of drug-likeness (QED) is 0.150. The summed E-state index contributed by atoms with van der Waals surface area (Å²) in [6, 6.07) is 82.0. The average Bonchev–Trinajstić information content (AvgIpc) is 3.75. The molecule has 0 saturated heterocycles. The topological polar surface area (TPSA) is 28.9 Å². The molecule has 4 nitrogen and oxygen atoms in total. The average molecular weight is 819 g/mol. The van der Waals surface area contributed by atoms with Crippen LogP contribution in [0.2, 0.25) is 0 Å². The molecule has 0 N–H and O–H groups in total. The van der Waals surface area contributed by atoms with E-state index in [9.17, 15) is 0 Å². The lowest BCUT2D eigenvalue weighted by molar-refractivity contribution is 0.487. The van der Waals surface area contributed by atoms with Crippen molar-refractivity contribution < 1.29 is 9.15 Å². The van der Waals surface area contributed by atoms with Gasteiger partial charge in [-0.25, -0.2) is 0 Å². The second kappa shape index (κ2) is 14.5. The standard InChI is InChI=1S/C60H38N2O2/c1-4-16-39(17-5-1)40-30-32-43(33-31-40)61(41-18-6-2-7-19-41)55-38-52-49-25-15-29-57-59(49)53(37-51(52)45-22-10-11-23-46(45)55)48-35-34-44(36-58(48)63-57)62(42-20-8-3-9-21-42)54-27-14-26-50-47-24-12-13-28-56(47)64-60(50)54/h1-38H. The van der Waals surface area contributed by atoms with E-state index in [1.807, 2.05) is 12.1 Å². The number of nitrogens with zero attached hydrogens (tertiary/aromatic N) is 2. The Morgan fingerprint density at radius 2 is 0.859 bits per heavy atom. The largest absolute Gasteiger partial charge is 0.456 e. The van der Waals surface area contributed by atoms with Crippen LogP contribution in [-0.2, 0) is 0 Å². The molecule has 0 bridgehead atoms. The number of fused-ring (bicyclic) bond motifs is 9. The Labute approximate surface area is 370 Å². The Bertz CT molecular complexity index is 3750. The van der Waals surface area contributed by atoms with Crippen LogP contribution in [-0.4, -0.2) is 0 Å². The van der Waals surface area contributed by atoms with E-state index >= 15 is 0 Å². The maximum atomic E-state index is 6.99. The number of rotatable bonds is 7. The summed E-state index contributed by atoms with van der Waals surface area (Å²) in [5.41, 5.74) is 12.6. The first kappa shape index (κ1) is 36.1. The van der Waals surface area contributed by atoms with Crippen LogP contribution >= 0.6 is 0 Å². The van der Waals surface area contributed by atoms with E-state index in [0.29, 0.717) is 0 Å². The van der Waals surface area contributed by atoms with Gasteiger partial charge >= 0.3 is 0 Å². The second-order valence-corrected chi connectivity index (χ2v) is 16.4. The van der Waals surface area contributed by atoms with Gasteiger partial charge in [0.2, 0.25) is 0 Å². The van der Waals surface area contributed by atoms with Crippen LogP contribution in [0.5, 0.6) is 11.5 Å². The molecule has 1 aliphatic rings. The number of benzene rings is 11. The van der Waals surface area contributed by atoms with Gasteiger partial charge < -0.3 is 19.0 Å². The van der Waals surface area contributed by atoms with Gasteiger partial charge in [-0.1, -0.05) is 146 Å². The molecule has 0 unspecified atom stereocenters. The van der Waals surface area contributed by atoms with Crippen molar-refractivity contribution in [2.75, 3.05) is 9.80 Å². The van der Waals surface area contributed by atoms with Crippen LogP contribution in [0.15, 0.2) is 235 Å². The normalized spacial score (nSPS) is 11.9. The summed E-state index contributed by atoms with van der Waals surface area (Å²) >= 11 is 0. The Balaban J connectivity index is 0.993.